The van der Waals surface area contributed by atoms with Crippen molar-refractivity contribution in [2.45, 2.75) is 115 Å². The molecule has 4 fully saturated rings. The number of carbonyl (C=O) groups excluding carboxylic acids is 1. The number of rotatable bonds is 10. The van der Waals surface area contributed by atoms with Crippen LogP contribution >= 0.6 is 0 Å². The maximum atomic E-state index is 13.3. The lowest BCUT2D eigenvalue weighted by Gasteiger charge is -2.63. The SMILES string of the molecule is COCO[C@H]1CC[C@H]2[C@@H]3C[C@@H](O[Si](C)(C)C(C)(C)C)[C@]4([C@@H](CO)OCOC)OC(=O)C[C@]4(C)[C@H]3CC[C@]12C. The van der Waals surface area contributed by atoms with Crippen molar-refractivity contribution in [3.05, 3.63) is 0 Å². The topological polar surface area (TPSA) is 92.7 Å². The maximum Gasteiger partial charge on any atom is 0.307 e. The summed E-state index contributed by atoms with van der Waals surface area (Å²) in [6.45, 7) is 15.8. The molecule has 0 spiro atoms. The average molecular weight is 557 g/mol. The van der Waals surface area contributed by atoms with Gasteiger partial charge in [0.1, 0.15) is 19.7 Å². The molecule has 0 amide bonds. The predicted octanol–water partition coefficient (Wildman–Crippen LogP) is 4.89. The summed E-state index contributed by atoms with van der Waals surface area (Å²) in [4.78, 5) is 13.3. The molecular weight excluding hydrogens is 504 g/mol. The molecule has 3 saturated carbocycles. The van der Waals surface area contributed by atoms with E-state index in [4.69, 9.17) is 28.1 Å². The fourth-order valence-corrected chi connectivity index (χ4v) is 9.95. The van der Waals surface area contributed by atoms with Crippen LogP contribution in [-0.4, -0.2) is 77.7 Å². The minimum Gasteiger partial charge on any atom is -0.453 e. The normalized spacial score (nSPS) is 41.8. The molecular formula is C29H52O8Si. The molecule has 0 bridgehead atoms. The zero-order chi connectivity index (χ0) is 28.1. The Balaban J connectivity index is 1.80. The number of carbonyl (C=O) groups is 1. The number of ether oxygens (including phenoxy) is 5. The van der Waals surface area contributed by atoms with E-state index in [1.807, 2.05) is 0 Å². The highest BCUT2D eigenvalue weighted by Gasteiger charge is 2.75. The van der Waals surface area contributed by atoms with Gasteiger partial charge in [-0.25, -0.2) is 0 Å². The summed E-state index contributed by atoms with van der Waals surface area (Å²) in [7, 11) is 0.958. The van der Waals surface area contributed by atoms with Crippen molar-refractivity contribution < 1.29 is 38.0 Å². The Morgan fingerprint density at radius 1 is 1.05 bits per heavy atom. The van der Waals surface area contributed by atoms with Gasteiger partial charge in [0, 0.05) is 19.6 Å². The molecule has 4 aliphatic rings. The van der Waals surface area contributed by atoms with Crippen molar-refractivity contribution in [3.8, 4) is 0 Å². The van der Waals surface area contributed by atoms with Crippen molar-refractivity contribution in [1.29, 1.82) is 0 Å². The first-order valence-corrected chi connectivity index (χ1v) is 17.3. The van der Waals surface area contributed by atoms with E-state index in [9.17, 15) is 9.90 Å². The molecule has 1 saturated heterocycles. The third kappa shape index (κ3) is 4.62. The summed E-state index contributed by atoms with van der Waals surface area (Å²) in [5.74, 6) is 0.867. The maximum absolute atomic E-state index is 13.3. The Bertz CT molecular complexity index is 860. The summed E-state index contributed by atoms with van der Waals surface area (Å²) in [6.07, 6.45) is 4.29. The molecule has 1 aliphatic heterocycles. The number of hydrogen-bond acceptors (Lipinski definition) is 8. The molecule has 3 aliphatic carbocycles. The van der Waals surface area contributed by atoms with Crippen LogP contribution in [0.5, 0.6) is 0 Å². The van der Waals surface area contributed by atoms with Gasteiger partial charge < -0.3 is 33.2 Å². The molecule has 4 rings (SSSR count). The number of aliphatic hydroxyl groups is 1. The second-order valence-electron chi connectivity index (χ2n) is 14.3. The van der Waals surface area contributed by atoms with E-state index >= 15 is 0 Å². The lowest BCUT2D eigenvalue weighted by Crippen LogP contribution is -2.72. The predicted molar refractivity (Wildman–Crippen MR) is 146 cm³/mol. The summed E-state index contributed by atoms with van der Waals surface area (Å²) < 4.78 is 36.5. The molecule has 0 unspecified atom stereocenters. The fraction of sp³-hybridized carbons (Fsp3) is 0.966. The van der Waals surface area contributed by atoms with E-state index in [1.165, 1.54) is 0 Å². The number of fused-ring (bicyclic) bond motifs is 5. The third-order valence-electron chi connectivity index (χ3n) is 11.5. The van der Waals surface area contributed by atoms with Crippen LogP contribution in [0.25, 0.3) is 0 Å². The average Bonchev–Trinajstić information content (AvgIpc) is 3.31. The van der Waals surface area contributed by atoms with E-state index in [-0.39, 0.29) is 47.9 Å². The fourth-order valence-electron chi connectivity index (χ4n) is 8.61. The van der Waals surface area contributed by atoms with E-state index in [0.717, 1.165) is 32.1 Å². The van der Waals surface area contributed by atoms with Crippen LogP contribution in [0.15, 0.2) is 0 Å². The van der Waals surface area contributed by atoms with Crippen molar-refractivity contribution in [2.24, 2.45) is 28.6 Å². The third-order valence-corrected chi connectivity index (χ3v) is 16.0. The van der Waals surface area contributed by atoms with E-state index in [1.54, 1.807) is 14.2 Å². The zero-order valence-electron chi connectivity index (χ0n) is 25.1. The first-order valence-electron chi connectivity index (χ1n) is 14.4. The first-order chi connectivity index (χ1) is 17.7. The molecule has 9 heteroatoms. The van der Waals surface area contributed by atoms with Gasteiger partial charge in [-0.15, -0.1) is 0 Å². The van der Waals surface area contributed by atoms with Gasteiger partial charge in [-0.3, -0.25) is 4.79 Å². The van der Waals surface area contributed by atoms with E-state index in [0.29, 0.717) is 25.0 Å². The van der Waals surface area contributed by atoms with Crippen LogP contribution in [0.3, 0.4) is 0 Å². The number of hydrogen-bond donors (Lipinski definition) is 1. The summed E-state index contributed by atoms with van der Waals surface area (Å²) >= 11 is 0. The molecule has 38 heavy (non-hydrogen) atoms. The standard InChI is InChI=1S/C29H52O8Si/c1-26(2,3)38(8,9)37-23-14-19-20-10-11-22(34-17-32-6)27(20,4)13-12-21(19)28(5)15-25(31)36-29(23,28)24(16-30)35-18-33-7/h19-24,30H,10-18H2,1-9H3/t19-,20-,21-,22-,23+,24+,27-,28+,29+/m0/s1. The summed E-state index contributed by atoms with van der Waals surface area (Å²) in [6, 6.07) is 0. The Labute approximate surface area is 230 Å². The van der Waals surface area contributed by atoms with Gasteiger partial charge in [-0.1, -0.05) is 34.6 Å². The second-order valence-corrected chi connectivity index (χ2v) is 19.0. The monoisotopic (exact) mass is 556 g/mol. The number of aliphatic hydroxyl groups excluding tert-OH is 1. The molecule has 8 nitrogen and oxygen atoms in total. The molecule has 0 aromatic carbocycles. The van der Waals surface area contributed by atoms with Crippen molar-refractivity contribution in [3.63, 3.8) is 0 Å². The molecule has 1 heterocycles. The molecule has 1 N–H and O–H groups in total. The molecule has 0 aromatic rings. The molecule has 0 aromatic heterocycles. The number of esters is 1. The highest BCUT2D eigenvalue weighted by atomic mass is 28.4. The van der Waals surface area contributed by atoms with Crippen LogP contribution in [0, 0.1) is 28.6 Å². The van der Waals surface area contributed by atoms with Crippen LogP contribution in [-0.2, 0) is 32.9 Å². The minimum atomic E-state index is -2.28. The van der Waals surface area contributed by atoms with E-state index < -0.39 is 25.4 Å². The van der Waals surface area contributed by atoms with Crippen molar-refractivity contribution in [2.75, 3.05) is 34.4 Å². The summed E-state index contributed by atoms with van der Waals surface area (Å²) in [5.41, 5.74) is -1.55. The molecule has 0 radical (unpaired) electrons. The van der Waals surface area contributed by atoms with Gasteiger partial charge in [0.25, 0.3) is 0 Å². The minimum absolute atomic E-state index is 0.0146. The van der Waals surface area contributed by atoms with Crippen molar-refractivity contribution in [1.82, 2.24) is 0 Å². The van der Waals surface area contributed by atoms with Crippen molar-refractivity contribution >= 4 is 14.3 Å². The lowest BCUT2D eigenvalue weighted by atomic mass is 9.45. The van der Waals surface area contributed by atoms with Crippen LogP contribution in [0.1, 0.15) is 73.1 Å². The van der Waals surface area contributed by atoms with Crippen LogP contribution in [0.4, 0.5) is 0 Å². The van der Waals surface area contributed by atoms with Crippen LogP contribution in [0.2, 0.25) is 18.1 Å². The first kappa shape index (κ1) is 30.4. The van der Waals surface area contributed by atoms with E-state index in [2.05, 4.69) is 47.7 Å². The Hall–Kier alpha value is -0.553. The van der Waals surface area contributed by atoms with Gasteiger partial charge in [-0.05, 0) is 73.4 Å². The number of methoxy groups -OCH3 is 2. The largest absolute Gasteiger partial charge is 0.453 e. The summed E-state index contributed by atoms with van der Waals surface area (Å²) in [5, 5.41) is 10.7. The van der Waals surface area contributed by atoms with Crippen LogP contribution < -0.4 is 0 Å². The molecule has 220 valence electrons. The Morgan fingerprint density at radius 3 is 2.34 bits per heavy atom. The highest BCUT2D eigenvalue weighted by Crippen LogP contribution is 2.69. The zero-order valence-corrected chi connectivity index (χ0v) is 26.1. The van der Waals surface area contributed by atoms with Gasteiger partial charge >= 0.3 is 5.97 Å². The van der Waals surface area contributed by atoms with Gasteiger partial charge in [-0.2, -0.15) is 0 Å². The Morgan fingerprint density at radius 2 is 1.74 bits per heavy atom. The van der Waals surface area contributed by atoms with Gasteiger partial charge in [0.2, 0.25) is 0 Å². The van der Waals surface area contributed by atoms with Gasteiger partial charge in [0.05, 0.1) is 25.2 Å². The van der Waals surface area contributed by atoms with Gasteiger partial charge in [0.15, 0.2) is 13.9 Å². The molecule has 9 atom stereocenters. The highest BCUT2D eigenvalue weighted by molar-refractivity contribution is 6.74. The smallest absolute Gasteiger partial charge is 0.307 e. The quantitative estimate of drug-likeness (QED) is 0.231. The Kier molecular flexibility index (Phi) is 8.56. The lowest BCUT2D eigenvalue weighted by molar-refractivity contribution is -0.273. The second kappa shape index (κ2) is 10.7.